The fourth-order valence-electron chi connectivity index (χ4n) is 2.16. The highest BCUT2D eigenvalue weighted by Crippen LogP contribution is 2.17. The number of halogens is 2. The monoisotopic (exact) mass is 314 g/mol. The Morgan fingerprint density at radius 3 is 3.05 bits per heavy atom. The van der Waals surface area contributed by atoms with Gasteiger partial charge in [0.15, 0.2) is 11.6 Å². The van der Waals surface area contributed by atoms with Crippen molar-refractivity contribution in [3.63, 3.8) is 0 Å². The summed E-state index contributed by atoms with van der Waals surface area (Å²) < 4.78 is 36.7. The molecule has 1 aliphatic rings. The maximum absolute atomic E-state index is 13.4. The summed E-state index contributed by atoms with van der Waals surface area (Å²) in [6.45, 7) is 3.76. The van der Waals surface area contributed by atoms with Crippen molar-refractivity contribution in [2.24, 2.45) is 0 Å². The summed E-state index contributed by atoms with van der Waals surface area (Å²) in [5, 5.41) is 5.96. The van der Waals surface area contributed by atoms with Crippen LogP contribution in [-0.2, 0) is 9.53 Å². The van der Waals surface area contributed by atoms with E-state index in [1.165, 1.54) is 6.07 Å². The van der Waals surface area contributed by atoms with Gasteiger partial charge in [0, 0.05) is 25.1 Å². The molecule has 0 aliphatic carbocycles. The van der Waals surface area contributed by atoms with Crippen LogP contribution in [0.1, 0.15) is 13.3 Å². The number of nitrogens with one attached hydrogen (secondary N) is 2. The number of ether oxygens (including phenoxy) is 2. The topological polar surface area (TPSA) is 59.6 Å². The Morgan fingerprint density at radius 2 is 2.36 bits per heavy atom. The summed E-state index contributed by atoms with van der Waals surface area (Å²) in [6.07, 6.45) is 0.315. The Balaban J connectivity index is 1.72. The number of benzene rings is 1. The number of carbonyl (C=O) groups is 1. The molecule has 7 heteroatoms. The second-order valence-corrected chi connectivity index (χ2v) is 5.28. The van der Waals surface area contributed by atoms with Gasteiger partial charge in [0.25, 0.3) is 0 Å². The van der Waals surface area contributed by atoms with E-state index in [2.05, 4.69) is 10.6 Å². The molecule has 0 bridgehead atoms. The summed E-state index contributed by atoms with van der Waals surface area (Å²) in [5.41, 5.74) is 0. The van der Waals surface area contributed by atoms with E-state index in [1.54, 1.807) is 6.92 Å². The minimum atomic E-state index is -0.762. The van der Waals surface area contributed by atoms with Gasteiger partial charge < -0.3 is 20.1 Å². The molecule has 1 fully saturated rings. The van der Waals surface area contributed by atoms with Crippen LogP contribution in [0.2, 0.25) is 0 Å². The number of morpholine rings is 1. The van der Waals surface area contributed by atoms with Crippen LogP contribution in [0, 0.1) is 11.6 Å². The molecular formula is C15H20F2N2O3. The van der Waals surface area contributed by atoms with Crippen LogP contribution in [0.5, 0.6) is 5.75 Å². The zero-order chi connectivity index (χ0) is 15.9. The predicted molar refractivity (Wildman–Crippen MR) is 76.7 cm³/mol. The van der Waals surface area contributed by atoms with Crippen molar-refractivity contribution in [2.75, 3.05) is 26.4 Å². The average Bonchev–Trinajstić information content (AvgIpc) is 2.47. The molecule has 0 spiro atoms. The van der Waals surface area contributed by atoms with E-state index < -0.39 is 11.6 Å². The predicted octanol–water partition coefficient (Wildman–Crippen LogP) is 1.23. The first-order chi connectivity index (χ1) is 10.5. The molecule has 2 unspecified atom stereocenters. The average molecular weight is 314 g/mol. The van der Waals surface area contributed by atoms with Gasteiger partial charge in [-0.05, 0) is 19.1 Å². The Hall–Kier alpha value is -1.73. The van der Waals surface area contributed by atoms with Crippen LogP contribution in [0.25, 0.3) is 0 Å². The fraction of sp³-hybridized carbons (Fsp3) is 0.533. The van der Waals surface area contributed by atoms with Gasteiger partial charge in [0.1, 0.15) is 12.4 Å². The Labute approximate surface area is 128 Å². The molecule has 1 amide bonds. The summed E-state index contributed by atoms with van der Waals surface area (Å²) in [4.78, 5) is 11.9. The first-order valence-electron chi connectivity index (χ1n) is 7.23. The SMILES string of the molecule is CC(COc1ccc(F)cc1F)NC(=O)CC1COCCN1. The molecule has 1 saturated heterocycles. The van der Waals surface area contributed by atoms with Crippen molar-refractivity contribution < 1.29 is 23.0 Å². The Kier molecular flexibility index (Phi) is 6.09. The molecule has 1 heterocycles. The van der Waals surface area contributed by atoms with Crippen LogP contribution in [-0.4, -0.2) is 44.4 Å². The molecule has 22 heavy (non-hydrogen) atoms. The zero-order valence-electron chi connectivity index (χ0n) is 12.4. The van der Waals surface area contributed by atoms with Gasteiger partial charge in [-0.25, -0.2) is 8.78 Å². The van der Waals surface area contributed by atoms with Gasteiger partial charge in [-0.15, -0.1) is 0 Å². The largest absolute Gasteiger partial charge is 0.488 e. The zero-order valence-corrected chi connectivity index (χ0v) is 12.4. The minimum absolute atomic E-state index is 0.0106. The lowest BCUT2D eigenvalue weighted by atomic mass is 10.2. The normalized spacial score (nSPS) is 19.5. The number of hydrogen-bond acceptors (Lipinski definition) is 4. The van der Waals surface area contributed by atoms with Crippen LogP contribution < -0.4 is 15.4 Å². The molecule has 5 nitrogen and oxygen atoms in total. The third kappa shape index (κ3) is 5.23. The third-order valence-electron chi connectivity index (χ3n) is 3.22. The van der Waals surface area contributed by atoms with Crippen molar-refractivity contribution in [2.45, 2.75) is 25.4 Å². The fourth-order valence-corrected chi connectivity index (χ4v) is 2.16. The quantitative estimate of drug-likeness (QED) is 0.829. The standard InChI is InChI=1S/C15H20F2N2O3/c1-10(8-22-14-3-2-11(16)6-13(14)17)19-15(20)7-12-9-21-5-4-18-12/h2-3,6,10,12,18H,4-5,7-9H2,1H3,(H,19,20). The summed E-state index contributed by atoms with van der Waals surface area (Å²) >= 11 is 0. The molecule has 2 rings (SSSR count). The number of amides is 1. The molecule has 0 saturated carbocycles. The molecule has 0 aromatic heterocycles. The van der Waals surface area contributed by atoms with Crippen LogP contribution in [0.3, 0.4) is 0 Å². The molecule has 1 aromatic carbocycles. The maximum Gasteiger partial charge on any atom is 0.221 e. The number of rotatable bonds is 6. The lowest BCUT2D eigenvalue weighted by Gasteiger charge is -2.24. The van der Waals surface area contributed by atoms with E-state index >= 15 is 0 Å². The van der Waals surface area contributed by atoms with Gasteiger partial charge in [0.05, 0.1) is 19.3 Å². The van der Waals surface area contributed by atoms with Crippen LogP contribution in [0.4, 0.5) is 8.78 Å². The maximum atomic E-state index is 13.4. The van der Waals surface area contributed by atoms with Crippen molar-refractivity contribution in [3.05, 3.63) is 29.8 Å². The van der Waals surface area contributed by atoms with E-state index in [9.17, 15) is 13.6 Å². The lowest BCUT2D eigenvalue weighted by Crippen LogP contribution is -2.46. The van der Waals surface area contributed by atoms with Crippen molar-refractivity contribution >= 4 is 5.91 Å². The second kappa shape index (κ2) is 8.05. The Bertz CT molecular complexity index is 508. The first kappa shape index (κ1) is 16.6. The van der Waals surface area contributed by atoms with E-state index in [0.29, 0.717) is 19.6 Å². The Morgan fingerprint density at radius 1 is 1.55 bits per heavy atom. The third-order valence-corrected chi connectivity index (χ3v) is 3.22. The highest BCUT2D eigenvalue weighted by atomic mass is 19.1. The minimum Gasteiger partial charge on any atom is -0.488 e. The molecule has 2 atom stereocenters. The molecule has 1 aliphatic heterocycles. The van der Waals surface area contributed by atoms with Gasteiger partial charge in [-0.2, -0.15) is 0 Å². The van der Waals surface area contributed by atoms with E-state index in [-0.39, 0.29) is 30.3 Å². The van der Waals surface area contributed by atoms with Crippen molar-refractivity contribution in [1.29, 1.82) is 0 Å². The van der Waals surface area contributed by atoms with E-state index in [4.69, 9.17) is 9.47 Å². The van der Waals surface area contributed by atoms with Gasteiger partial charge in [0.2, 0.25) is 5.91 Å². The van der Waals surface area contributed by atoms with Gasteiger partial charge >= 0.3 is 0 Å². The summed E-state index contributed by atoms with van der Waals surface area (Å²) in [5.74, 6) is -1.58. The van der Waals surface area contributed by atoms with Crippen molar-refractivity contribution in [3.8, 4) is 5.75 Å². The highest BCUT2D eigenvalue weighted by molar-refractivity contribution is 5.76. The van der Waals surface area contributed by atoms with Gasteiger partial charge in [-0.3, -0.25) is 4.79 Å². The number of hydrogen-bond donors (Lipinski definition) is 2. The molecular weight excluding hydrogens is 294 g/mol. The smallest absolute Gasteiger partial charge is 0.221 e. The highest BCUT2D eigenvalue weighted by Gasteiger charge is 2.18. The molecule has 122 valence electrons. The molecule has 1 aromatic rings. The summed E-state index contributed by atoms with van der Waals surface area (Å²) in [6, 6.07) is 2.82. The lowest BCUT2D eigenvalue weighted by molar-refractivity contribution is -0.123. The van der Waals surface area contributed by atoms with Crippen molar-refractivity contribution in [1.82, 2.24) is 10.6 Å². The van der Waals surface area contributed by atoms with E-state index in [1.807, 2.05) is 0 Å². The number of carbonyl (C=O) groups excluding carboxylic acids is 1. The molecule has 2 N–H and O–H groups in total. The first-order valence-corrected chi connectivity index (χ1v) is 7.23. The van der Waals surface area contributed by atoms with E-state index in [0.717, 1.165) is 18.7 Å². The van der Waals surface area contributed by atoms with Gasteiger partial charge in [-0.1, -0.05) is 0 Å². The van der Waals surface area contributed by atoms with Crippen LogP contribution in [0.15, 0.2) is 18.2 Å². The summed E-state index contributed by atoms with van der Waals surface area (Å²) in [7, 11) is 0. The molecule has 0 radical (unpaired) electrons. The second-order valence-electron chi connectivity index (χ2n) is 5.28. The van der Waals surface area contributed by atoms with Crippen LogP contribution >= 0.6 is 0 Å².